The normalized spacial score (nSPS) is 13.9. The number of hydrogen-bond acceptors (Lipinski definition) is 4. The SMILES string of the molecule is C=C(c1nc2sc3ccccc3c2nc1Cl)c1c(C2=CCCC=C2C)c2ccccc2c2c1sc1c3ccccc3ccc12. The zero-order valence-electron chi connectivity index (χ0n) is 23.9. The molecule has 0 N–H and O–H groups in total. The first-order valence-electron chi connectivity index (χ1n) is 14.8. The van der Waals surface area contributed by atoms with Crippen molar-refractivity contribution in [2.24, 2.45) is 0 Å². The summed E-state index contributed by atoms with van der Waals surface area (Å²) in [7, 11) is 0. The average molecular weight is 621 g/mol. The molecular weight excluding hydrogens is 596 g/mol. The molecule has 0 atom stereocenters. The summed E-state index contributed by atoms with van der Waals surface area (Å²) in [5, 5.41) is 8.98. The van der Waals surface area contributed by atoms with E-state index < -0.39 is 0 Å². The average Bonchev–Trinajstić information content (AvgIpc) is 3.62. The van der Waals surface area contributed by atoms with Crippen LogP contribution in [0.25, 0.3) is 73.3 Å². The Bertz CT molecular complexity index is 2600. The van der Waals surface area contributed by atoms with E-state index >= 15 is 0 Å². The minimum absolute atomic E-state index is 0.384. The molecule has 1 aliphatic rings. The molecule has 0 bridgehead atoms. The van der Waals surface area contributed by atoms with Crippen LogP contribution >= 0.6 is 34.3 Å². The van der Waals surface area contributed by atoms with Crippen molar-refractivity contribution >= 4 is 108 Å². The molecule has 5 heteroatoms. The number of allylic oxidation sites excluding steroid dienone is 4. The molecule has 0 saturated heterocycles. The predicted molar refractivity (Wildman–Crippen MR) is 193 cm³/mol. The van der Waals surface area contributed by atoms with E-state index in [0.717, 1.165) is 44.4 Å². The van der Waals surface area contributed by atoms with E-state index in [1.54, 1.807) is 11.3 Å². The Balaban J connectivity index is 1.44. The molecule has 0 saturated carbocycles. The highest BCUT2D eigenvalue weighted by molar-refractivity contribution is 7.27. The Morgan fingerprint density at radius 3 is 2.30 bits per heavy atom. The number of benzene rings is 5. The smallest absolute Gasteiger partial charge is 0.156 e. The second-order valence-corrected chi connectivity index (χ2v) is 13.9. The number of thiophene rings is 2. The van der Waals surface area contributed by atoms with Gasteiger partial charge in [-0.1, -0.05) is 109 Å². The standard InChI is InChI=1S/C39H25ClN2S2/c1-21-11-3-5-13-24(21)32-26-15-7-8-16-27(26)33-29-20-19-23-12-4-6-14-25(23)36(29)44-37(33)31(32)22(2)34-38(40)41-35-28-17-9-10-18-30(28)43-39(35)42-34/h4,6-20H,2-3,5H2,1H3. The second kappa shape index (κ2) is 9.83. The molecule has 0 fully saturated rings. The first-order valence-corrected chi connectivity index (χ1v) is 16.8. The fraction of sp³-hybridized carbons (Fsp3) is 0.0769. The van der Waals surface area contributed by atoms with Crippen LogP contribution in [0.15, 0.2) is 109 Å². The van der Waals surface area contributed by atoms with Crippen LogP contribution in [-0.4, -0.2) is 9.97 Å². The zero-order valence-corrected chi connectivity index (χ0v) is 26.3. The lowest BCUT2D eigenvalue weighted by Gasteiger charge is -2.22. The van der Waals surface area contributed by atoms with Gasteiger partial charge in [-0.15, -0.1) is 22.7 Å². The van der Waals surface area contributed by atoms with Crippen molar-refractivity contribution in [1.82, 2.24) is 9.97 Å². The van der Waals surface area contributed by atoms with Crippen LogP contribution in [0.1, 0.15) is 36.6 Å². The van der Waals surface area contributed by atoms with Crippen LogP contribution < -0.4 is 0 Å². The lowest BCUT2D eigenvalue weighted by atomic mass is 9.82. The molecule has 1 aliphatic carbocycles. The molecule has 0 unspecified atom stereocenters. The van der Waals surface area contributed by atoms with Gasteiger partial charge in [0.2, 0.25) is 0 Å². The van der Waals surface area contributed by atoms with Gasteiger partial charge in [-0.3, -0.25) is 0 Å². The van der Waals surface area contributed by atoms with Gasteiger partial charge in [0.05, 0.1) is 0 Å². The van der Waals surface area contributed by atoms with E-state index in [1.165, 1.54) is 58.4 Å². The van der Waals surface area contributed by atoms with Crippen LogP contribution in [0.3, 0.4) is 0 Å². The van der Waals surface area contributed by atoms with Crippen LogP contribution in [-0.2, 0) is 0 Å². The lowest BCUT2D eigenvalue weighted by molar-refractivity contribution is 1.02. The monoisotopic (exact) mass is 620 g/mol. The molecule has 3 heterocycles. The fourth-order valence-corrected chi connectivity index (χ4v) is 9.60. The van der Waals surface area contributed by atoms with Gasteiger partial charge < -0.3 is 0 Å². The molecule has 0 aliphatic heterocycles. The van der Waals surface area contributed by atoms with Gasteiger partial charge in [0.15, 0.2) is 5.15 Å². The highest BCUT2D eigenvalue weighted by Gasteiger charge is 2.26. The van der Waals surface area contributed by atoms with Crippen LogP contribution in [0.4, 0.5) is 0 Å². The molecule has 0 radical (unpaired) electrons. The van der Waals surface area contributed by atoms with Crippen molar-refractivity contribution in [3.63, 3.8) is 0 Å². The molecule has 5 aromatic carbocycles. The lowest BCUT2D eigenvalue weighted by Crippen LogP contribution is -2.02. The molecular formula is C39H25ClN2S2. The quantitative estimate of drug-likeness (QED) is 0.196. The van der Waals surface area contributed by atoms with Crippen molar-refractivity contribution < 1.29 is 0 Å². The maximum atomic E-state index is 7.05. The minimum atomic E-state index is 0.384. The van der Waals surface area contributed by atoms with Crippen molar-refractivity contribution in [2.45, 2.75) is 19.8 Å². The first kappa shape index (κ1) is 26.1. The molecule has 0 spiro atoms. The number of rotatable bonds is 3. The molecule has 8 aromatic rings. The number of nitrogens with zero attached hydrogens (tertiary/aromatic N) is 2. The summed E-state index contributed by atoms with van der Waals surface area (Å²) >= 11 is 10.5. The third-order valence-electron chi connectivity index (χ3n) is 8.94. The second-order valence-electron chi connectivity index (χ2n) is 11.4. The Hall–Kier alpha value is -4.35. The molecule has 44 heavy (non-hydrogen) atoms. The summed E-state index contributed by atoms with van der Waals surface area (Å²) in [6.45, 7) is 6.99. The van der Waals surface area contributed by atoms with Gasteiger partial charge in [0.1, 0.15) is 16.0 Å². The largest absolute Gasteiger partial charge is 0.232 e. The van der Waals surface area contributed by atoms with E-state index in [4.69, 9.17) is 28.1 Å². The summed E-state index contributed by atoms with van der Waals surface area (Å²) in [5.74, 6) is 0. The molecule has 2 nitrogen and oxygen atoms in total. The predicted octanol–water partition coefficient (Wildman–Crippen LogP) is 12.4. The molecule has 210 valence electrons. The van der Waals surface area contributed by atoms with Gasteiger partial charge in [0, 0.05) is 41.4 Å². The van der Waals surface area contributed by atoms with Crippen molar-refractivity contribution in [2.75, 3.05) is 0 Å². The third-order valence-corrected chi connectivity index (χ3v) is 11.5. The van der Waals surface area contributed by atoms with E-state index in [2.05, 4.69) is 97.9 Å². The van der Waals surface area contributed by atoms with E-state index in [1.807, 2.05) is 17.4 Å². The minimum Gasteiger partial charge on any atom is -0.232 e. The molecule has 3 aromatic heterocycles. The van der Waals surface area contributed by atoms with Crippen LogP contribution in [0.5, 0.6) is 0 Å². The zero-order chi connectivity index (χ0) is 29.5. The Labute approximate surface area is 267 Å². The van der Waals surface area contributed by atoms with E-state index in [9.17, 15) is 0 Å². The van der Waals surface area contributed by atoms with Crippen LogP contribution in [0.2, 0.25) is 5.15 Å². The summed E-state index contributed by atoms with van der Waals surface area (Å²) in [6, 6.07) is 30.3. The summed E-state index contributed by atoms with van der Waals surface area (Å²) < 4.78 is 3.65. The maximum absolute atomic E-state index is 7.05. The maximum Gasteiger partial charge on any atom is 0.156 e. The molecule has 9 rings (SSSR count). The number of fused-ring (bicyclic) bond motifs is 10. The number of aromatic nitrogens is 2. The van der Waals surface area contributed by atoms with Crippen molar-refractivity contribution in [1.29, 1.82) is 0 Å². The Kier molecular flexibility index (Phi) is 5.83. The summed E-state index contributed by atoms with van der Waals surface area (Å²) in [6.07, 6.45) is 6.82. The highest BCUT2D eigenvalue weighted by Crippen LogP contribution is 2.50. The highest BCUT2D eigenvalue weighted by atomic mass is 35.5. The van der Waals surface area contributed by atoms with Crippen molar-refractivity contribution in [3.8, 4) is 0 Å². The van der Waals surface area contributed by atoms with Gasteiger partial charge in [-0.05, 0) is 64.1 Å². The Morgan fingerprint density at radius 1 is 0.727 bits per heavy atom. The van der Waals surface area contributed by atoms with E-state index in [-0.39, 0.29) is 0 Å². The first-order chi connectivity index (χ1) is 21.6. The molecule has 0 amide bonds. The van der Waals surface area contributed by atoms with E-state index in [0.29, 0.717) is 10.8 Å². The third kappa shape index (κ3) is 3.72. The fourth-order valence-electron chi connectivity index (χ4n) is 6.91. The topological polar surface area (TPSA) is 25.8 Å². The van der Waals surface area contributed by atoms with Gasteiger partial charge in [-0.25, -0.2) is 9.97 Å². The number of halogens is 1. The van der Waals surface area contributed by atoms with Crippen LogP contribution in [0, 0.1) is 0 Å². The van der Waals surface area contributed by atoms with Crippen molar-refractivity contribution in [3.05, 3.63) is 131 Å². The summed E-state index contributed by atoms with van der Waals surface area (Å²) in [4.78, 5) is 11.0. The Morgan fingerprint density at radius 2 is 1.45 bits per heavy atom. The van der Waals surface area contributed by atoms with Gasteiger partial charge in [-0.2, -0.15) is 0 Å². The number of hydrogen-bond donors (Lipinski definition) is 0. The van der Waals surface area contributed by atoms with Gasteiger partial charge >= 0.3 is 0 Å². The summed E-state index contributed by atoms with van der Waals surface area (Å²) in [5.41, 5.74) is 7.15. The van der Waals surface area contributed by atoms with Gasteiger partial charge in [0.25, 0.3) is 0 Å².